The van der Waals surface area contributed by atoms with Crippen molar-refractivity contribution < 1.29 is 9.59 Å². The molecule has 1 saturated heterocycles. The van der Waals surface area contributed by atoms with Gasteiger partial charge >= 0.3 is 11.8 Å². The molecule has 1 aliphatic heterocycles. The number of hydrogen-bond acceptors (Lipinski definition) is 5. The molecular weight excluding hydrogens is 402 g/mol. The normalized spacial score (nSPS) is 21.6. The van der Waals surface area contributed by atoms with Crippen LogP contribution in [0.15, 0.2) is 42.6 Å². The maximum atomic E-state index is 13.3. The minimum Gasteiger partial charge on any atom is -0.383 e. The van der Waals surface area contributed by atoms with Crippen LogP contribution in [0.2, 0.25) is 0 Å². The van der Waals surface area contributed by atoms with Crippen molar-refractivity contribution in [1.82, 2.24) is 14.8 Å². The van der Waals surface area contributed by atoms with E-state index in [0.29, 0.717) is 36.4 Å². The SMILES string of the molecule is CC(C)CN1C[C@H](c2ccccc2)N(C(=O)C(=O)Nc2cnc(N)c(C3CC3)c2)C[C@H]1C. The van der Waals surface area contributed by atoms with Gasteiger partial charge in [0, 0.05) is 25.7 Å². The molecule has 7 heteroatoms. The van der Waals surface area contributed by atoms with Crippen LogP contribution in [0.5, 0.6) is 0 Å². The highest BCUT2D eigenvalue weighted by Gasteiger charge is 2.38. The van der Waals surface area contributed by atoms with E-state index in [1.165, 1.54) is 6.20 Å². The Kier molecular flexibility index (Phi) is 6.46. The Morgan fingerprint density at radius 3 is 2.56 bits per heavy atom. The summed E-state index contributed by atoms with van der Waals surface area (Å²) in [7, 11) is 0. The van der Waals surface area contributed by atoms with Crippen LogP contribution in [0.4, 0.5) is 11.5 Å². The fraction of sp³-hybridized carbons (Fsp3) is 0.480. The second-order valence-electron chi connectivity index (χ2n) is 9.51. The summed E-state index contributed by atoms with van der Waals surface area (Å²) in [5, 5.41) is 2.76. The van der Waals surface area contributed by atoms with Gasteiger partial charge in [0.2, 0.25) is 0 Å². The maximum Gasteiger partial charge on any atom is 0.313 e. The number of nitrogens with zero attached hydrogens (tertiary/aromatic N) is 3. The minimum atomic E-state index is -0.635. The van der Waals surface area contributed by atoms with E-state index in [0.717, 1.165) is 30.5 Å². The van der Waals surface area contributed by atoms with E-state index in [9.17, 15) is 9.59 Å². The first kappa shape index (κ1) is 22.3. The Morgan fingerprint density at radius 1 is 1.19 bits per heavy atom. The quantitative estimate of drug-likeness (QED) is 0.703. The lowest BCUT2D eigenvalue weighted by Crippen LogP contribution is -2.57. The van der Waals surface area contributed by atoms with Crippen molar-refractivity contribution in [2.24, 2.45) is 5.92 Å². The summed E-state index contributed by atoms with van der Waals surface area (Å²) in [6.45, 7) is 8.69. The van der Waals surface area contributed by atoms with Gasteiger partial charge in [0.15, 0.2) is 0 Å². The van der Waals surface area contributed by atoms with Crippen molar-refractivity contribution in [1.29, 1.82) is 0 Å². The number of nitrogens with one attached hydrogen (secondary N) is 1. The number of rotatable bonds is 5. The summed E-state index contributed by atoms with van der Waals surface area (Å²) in [6, 6.07) is 11.8. The van der Waals surface area contributed by atoms with Crippen molar-refractivity contribution in [2.45, 2.75) is 51.6 Å². The van der Waals surface area contributed by atoms with Crippen LogP contribution >= 0.6 is 0 Å². The lowest BCUT2D eigenvalue weighted by Gasteiger charge is -2.45. The van der Waals surface area contributed by atoms with Gasteiger partial charge in [-0.1, -0.05) is 44.2 Å². The van der Waals surface area contributed by atoms with Crippen molar-refractivity contribution in [3.63, 3.8) is 0 Å². The molecule has 2 aliphatic rings. The summed E-state index contributed by atoms with van der Waals surface area (Å²) < 4.78 is 0. The first-order valence-electron chi connectivity index (χ1n) is 11.5. The average molecular weight is 436 g/mol. The number of carbonyl (C=O) groups excluding carboxylic acids is 2. The molecule has 2 heterocycles. The Balaban J connectivity index is 1.53. The zero-order chi connectivity index (χ0) is 22.8. The zero-order valence-corrected chi connectivity index (χ0v) is 19.1. The van der Waals surface area contributed by atoms with Gasteiger partial charge in [0.05, 0.1) is 17.9 Å². The third-order valence-corrected chi connectivity index (χ3v) is 6.33. The third-order valence-electron chi connectivity index (χ3n) is 6.33. The first-order valence-corrected chi connectivity index (χ1v) is 11.5. The van der Waals surface area contributed by atoms with Gasteiger partial charge in [-0.2, -0.15) is 0 Å². The monoisotopic (exact) mass is 435 g/mol. The number of aromatic nitrogens is 1. The van der Waals surface area contributed by atoms with Crippen molar-refractivity contribution in [3.8, 4) is 0 Å². The lowest BCUT2D eigenvalue weighted by atomic mass is 9.98. The Bertz CT molecular complexity index is 974. The van der Waals surface area contributed by atoms with Gasteiger partial charge in [-0.3, -0.25) is 14.5 Å². The highest BCUT2D eigenvalue weighted by molar-refractivity contribution is 6.39. The van der Waals surface area contributed by atoms with Gasteiger partial charge in [-0.05, 0) is 48.8 Å². The molecule has 1 aromatic carbocycles. The van der Waals surface area contributed by atoms with E-state index in [1.54, 1.807) is 4.90 Å². The Labute approximate surface area is 190 Å². The second kappa shape index (κ2) is 9.28. The van der Waals surface area contributed by atoms with Crippen LogP contribution in [0.1, 0.15) is 56.7 Å². The highest BCUT2D eigenvalue weighted by atomic mass is 16.2. The number of pyridine rings is 1. The van der Waals surface area contributed by atoms with Gasteiger partial charge in [0.25, 0.3) is 0 Å². The molecule has 1 aromatic heterocycles. The van der Waals surface area contributed by atoms with Crippen molar-refractivity contribution >= 4 is 23.3 Å². The number of anilines is 2. The first-order chi connectivity index (χ1) is 15.3. The smallest absolute Gasteiger partial charge is 0.313 e. The van der Waals surface area contributed by atoms with Crippen molar-refractivity contribution in [2.75, 3.05) is 30.7 Å². The fourth-order valence-electron chi connectivity index (χ4n) is 4.53. The molecule has 1 aliphatic carbocycles. The molecule has 4 rings (SSSR count). The van der Waals surface area contributed by atoms with Crippen LogP contribution in [0.25, 0.3) is 0 Å². The van der Waals surface area contributed by atoms with E-state index in [1.807, 2.05) is 36.4 Å². The number of carbonyl (C=O) groups is 2. The molecule has 0 radical (unpaired) electrons. The van der Waals surface area contributed by atoms with Gasteiger partial charge in [-0.25, -0.2) is 4.98 Å². The summed E-state index contributed by atoms with van der Waals surface area (Å²) in [5.74, 6) is 0.282. The molecule has 2 amide bonds. The van der Waals surface area contributed by atoms with E-state index >= 15 is 0 Å². The largest absolute Gasteiger partial charge is 0.383 e. The van der Waals surface area contributed by atoms with Gasteiger partial charge < -0.3 is 16.0 Å². The Morgan fingerprint density at radius 2 is 1.91 bits per heavy atom. The number of piperazine rings is 1. The molecule has 32 heavy (non-hydrogen) atoms. The second-order valence-corrected chi connectivity index (χ2v) is 9.51. The van der Waals surface area contributed by atoms with Crippen LogP contribution in [-0.4, -0.2) is 52.3 Å². The van der Waals surface area contributed by atoms with E-state index < -0.39 is 11.8 Å². The molecule has 170 valence electrons. The fourth-order valence-corrected chi connectivity index (χ4v) is 4.53. The summed E-state index contributed by atoms with van der Waals surface area (Å²) in [5.41, 5.74) is 8.49. The molecule has 0 bridgehead atoms. The predicted molar refractivity (Wildman–Crippen MR) is 126 cm³/mol. The standard InChI is InChI=1S/C25H33N5O2/c1-16(2)13-29-15-22(19-7-5-4-6-8-19)30(14-17(29)3)25(32)24(31)28-20-11-21(18-9-10-18)23(26)27-12-20/h4-8,11-12,16-18,22H,9-10,13-15H2,1-3H3,(H2,26,27)(H,28,31)/t17-,22-/m1/s1. The topological polar surface area (TPSA) is 91.6 Å². The van der Waals surface area contributed by atoms with Crippen LogP contribution in [-0.2, 0) is 9.59 Å². The molecule has 2 aromatic rings. The zero-order valence-electron chi connectivity index (χ0n) is 19.1. The molecule has 2 fully saturated rings. The maximum absolute atomic E-state index is 13.3. The Hall–Kier alpha value is -2.93. The summed E-state index contributed by atoms with van der Waals surface area (Å²) in [4.78, 5) is 34.6. The molecular formula is C25H33N5O2. The molecule has 3 N–H and O–H groups in total. The summed E-state index contributed by atoms with van der Waals surface area (Å²) in [6.07, 6.45) is 3.68. The van der Waals surface area contributed by atoms with E-state index in [2.05, 4.69) is 36.0 Å². The molecule has 0 unspecified atom stereocenters. The number of amides is 2. The average Bonchev–Trinajstić information content (AvgIpc) is 3.61. The van der Waals surface area contributed by atoms with Crippen LogP contribution < -0.4 is 11.1 Å². The van der Waals surface area contributed by atoms with Gasteiger partial charge in [-0.15, -0.1) is 0 Å². The summed E-state index contributed by atoms with van der Waals surface area (Å²) >= 11 is 0. The molecule has 7 nitrogen and oxygen atoms in total. The molecule has 2 atom stereocenters. The van der Waals surface area contributed by atoms with E-state index in [-0.39, 0.29) is 12.1 Å². The van der Waals surface area contributed by atoms with Gasteiger partial charge in [0.1, 0.15) is 5.82 Å². The number of hydrogen-bond donors (Lipinski definition) is 2. The number of nitrogen functional groups attached to an aromatic ring is 1. The lowest BCUT2D eigenvalue weighted by molar-refractivity contribution is -0.148. The molecule has 0 spiro atoms. The number of nitrogens with two attached hydrogens (primary N) is 1. The van der Waals surface area contributed by atoms with E-state index in [4.69, 9.17) is 5.73 Å². The molecule has 1 saturated carbocycles. The predicted octanol–water partition coefficient (Wildman–Crippen LogP) is 3.41. The van der Waals surface area contributed by atoms with Crippen molar-refractivity contribution in [3.05, 3.63) is 53.7 Å². The van der Waals surface area contributed by atoms with Crippen LogP contribution in [0, 0.1) is 5.92 Å². The third kappa shape index (κ3) is 4.93. The minimum absolute atomic E-state index is 0.170. The van der Waals surface area contributed by atoms with Crippen LogP contribution in [0.3, 0.4) is 0 Å². The highest BCUT2D eigenvalue weighted by Crippen LogP contribution is 2.42. The number of benzene rings is 1.